The molecule has 1 amide bonds. The van der Waals surface area contributed by atoms with Crippen molar-refractivity contribution < 1.29 is 27.4 Å². The van der Waals surface area contributed by atoms with Gasteiger partial charge in [0.1, 0.15) is 23.6 Å². The minimum absolute atomic E-state index is 0.131. The number of nitrogens with one attached hydrogen (secondary N) is 1. The third-order valence-electron chi connectivity index (χ3n) is 6.16. The number of nitrogens with zero attached hydrogens (tertiary/aromatic N) is 2. The maximum Gasteiger partial charge on any atom is 0.573 e. The molecule has 0 radical (unpaired) electrons. The van der Waals surface area contributed by atoms with Crippen LogP contribution in [0.25, 0.3) is 5.57 Å². The minimum Gasteiger partial charge on any atom is -0.489 e. The molecule has 9 heteroatoms. The van der Waals surface area contributed by atoms with Crippen LogP contribution in [-0.2, 0) is 0 Å². The number of allylic oxidation sites excluding steroid dienone is 1. The number of rotatable bonds is 6. The number of hydrogen-bond donors (Lipinski definition) is 1. The molecule has 1 aliphatic rings. The number of pyridine rings is 1. The quantitative estimate of drug-likeness (QED) is 0.599. The molecule has 1 aliphatic carbocycles. The van der Waals surface area contributed by atoms with E-state index in [1.165, 1.54) is 12.1 Å². The van der Waals surface area contributed by atoms with E-state index in [9.17, 15) is 18.0 Å². The van der Waals surface area contributed by atoms with Crippen molar-refractivity contribution in [1.29, 1.82) is 5.26 Å². The fraction of sp³-hybridized carbons (Fsp3) is 0.400. The van der Waals surface area contributed by atoms with Crippen molar-refractivity contribution >= 4 is 11.5 Å². The smallest absolute Gasteiger partial charge is 0.489 e. The molecule has 1 fully saturated rings. The largest absolute Gasteiger partial charge is 0.573 e. The fourth-order valence-corrected chi connectivity index (χ4v) is 4.80. The van der Waals surface area contributed by atoms with E-state index in [4.69, 9.17) is 10.00 Å². The summed E-state index contributed by atoms with van der Waals surface area (Å²) in [5.74, 6) is -0.833. The maximum atomic E-state index is 12.8. The van der Waals surface area contributed by atoms with Crippen LogP contribution in [-0.4, -0.2) is 29.4 Å². The summed E-state index contributed by atoms with van der Waals surface area (Å²) in [6, 6.07) is 8.47. The van der Waals surface area contributed by atoms with E-state index in [1.54, 1.807) is 24.4 Å². The van der Waals surface area contributed by atoms with Gasteiger partial charge in [-0.1, -0.05) is 40.3 Å². The minimum atomic E-state index is -4.94. The molecule has 0 aliphatic heterocycles. The Hall–Kier alpha value is -3.54. The van der Waals surface area contributed by atoms with Gasteiger partial charge < -0.3 is 14.8 Å². The van der Waals surface area contributed by atoms with Gasteiger partial charge in [-0.2, -0.15) is 5.26 Å². The molecular weight excluding hydrogens is 447 g/mol. The van der Waals surface area contributed by atoms with Gasteiger partial charge in [-0.25, -0.2) is 0 Å². The molecular formula is C25H26F3N3O3. The standard InChI is InChI=1S/C25H26F3N3O3/c1-14(2)16-8-10-18(30-13-16)20(32)31-21-23(3,4)22(24(21,5)6)33-17-9-7-15(12-29)19(11-17)34-25(26,27)28/h7-11,13,21-22H,1H2,2-6H3,(H,31,32). The molecule has 34 heavy (non-hydrogen) atoms. The number of carbonyl (C=O) groups excluding carboxylic acids is 1. The Bertz CT molecular complexity index is 1130. The number of ether oxygens (including phenoxy) is 2. The lowest BCUT2D eigenvalue weighted by atomic mass is 9.49. The molecule has 180 valence electrons. The van der Waals surface area contributed by atoms with Crippen LogP contribution >= 0.6 is 0 Å². The summed E-state index contributed by atoms with van der Waals surface area (Å²) in [5, 5.41) is 12.1. The predicted octanol–water partition coefficient (Wildman–Crippen LogP) is 5.50. The molecule has 0 atom stereocenters. The monoisotopic (exact) mass is 473 g/mol. The molecule has 3 rings (SSSR count). The average Bonchev–Trinajstić information content (AvgIpc) is 2.74. The van der Waals surface area contributed by atoms with Crippen molar-refractivity contribution in [3.63, 3.8) is 0 Å². The van der Waals surface area contributed by atoms with Crippen molar-refractivity contribution in [1.82, 2.24) is 10.3 Å². The number of benzene rings is 1. The Morgan fingerprint density at radius 3 is 2.32 bits per heavy atom. The van der Waals surface area contributed by atoms with E-state index < -0.39 is 29.0 Å². The normalized spacial score (nSPS) is 20.4. The number of aromatic nitrogens is 1. The molecule has 0 spiro atoms. The summed E-state index contributed by atoms with van der Waals surface area (Å²) in [5.41, 5.74) is 0.568. The lowest BCUT2D eigenvalue weighted by Crippen LogP contribution is -2.74. The lowest BCUT2D eigenvalue weighted by molar-refractivity contribution is -0.274. The molecule has 0 bridgehead atoms. The van der Waals surface area contributed by atoms with Crippen LogP contribution < -0.4 is 14.8 Å². The summed E-state index contributed by atoms with van der Waals surface area (Å²) < 4.78 is 48.2. The van der Waals surface area contributed by atoms with Crippen molar-refractivity contribution in [2.24, 2.45) is 10.8 Å². The average molecular weight is 473 g/mol. The predicted molar refractivity (Wildman–Crippen MR) is 120 cm³/mol. The van der Waals surface area contributed by atoms with Gasteiger partial charge in [0.25, 0.3) is 5.91 Å². The van der Waals surface area contributed by atoms with Crippen molar-refractivity contribution in [3.8, 4) is 17.6 Å². The van der Waals surface area contributed by atoms with E-state index >= 15 is 0 Å². The van der Waals surface area contributed by atoms with Crippen molar-refractivity contribution in [3.05, 3.63) is 59.9 Å². The molecule has 6 nitrogen and oxygen atoms in total. The van der Waals surface area contributed by atoms with Gasteiger partial charge in [0.2, 0.25) is 0 Å². The van der Waals surface area contributed by atoms with Crippen LogP contribution in [0.5, 0.6) is 11.5 Å². The van der Waals surface area contributed by atoms with E-state index in [2.05, 4.69) is 21.6 Å². The van der Waals surface area contributed by atoms with Crippen LogP contribution in [0.15, 0.2) is 43.1 Å². The molecule has 1 aromatic carbocycles. The highest BCUT2D eigenvalue weighted by Crippen LogP contribution is 2.55. The van der Waals surface area contributed by atoms with Crippen LogP contribution in [0.4, 0.5) is 13.2 Å². The zero-order valence-electron chi connectivity index (χ0n) is 19.6. The Labute approximate surface area is 196 Å². The lowest BCUT2D eigenvalue weighted by Gasteiger charge is -2.63. The summed E-state index contributed by atoms with van der Waals surface area (Å²) in [6.07, 6.45) is -3.80. The highest BCUT2D eigenvalue weighted by atomic mass is 19.4. The maximum absolute atomic E-state index is 12.8. The Morgan fingerprint density at radius 2 is 1.82 bits per heavy atom. The van der Waals surface area contributed by atoms with Gasteiger partial charge in [0, 0.05) is 29.1 Å². The van der Waals surface area contributed by atoms with E-state index in [0.29, 0.717) is 0 Å². The van der Waals surface area contributed by atoms with Gasteiger partial charge in [-0.15, -0.1) is 13.2 Å². The number of halogens is 3. The van der Waals surface area contributed by atoms with Crippen molar-refractivity contribution in [2.45, 2.75) is 53.1 Å². The molecule has 1 N–H and O–H groups in total. The number of amides is 1. The van der Waals surface area contributed by atoms with Crippen LogP contribution in [0.2, 0.25) is 0 Å². The molecule has 2 aromatic rings. The molecule has 1 heterocycles. The highest BCUT2D eigenvalue weighted by molar-refractivity contribution is 5.92. The van der Waals surface area contributed by atoms with E-state index in [0.717, 1.165) is 17.2 Å². The number of hydrogen-bond acceptors (Lipinski definition) is 5. The second kappa shape index (κ2) is 8.67. The number of alkyl halides is 3. The summed E-state index contributed by atoms with van der Waals surface area (Å²) in [6.45, 7) is 13.3. The van der Waals surface area contributed by atoms with Crippen molar-refractivity contribution in [2.75, 3.05) is 0 Å². The van der Waals surface area contributed by atoms with Crippen LogP contribution in [0.3, 0.4) is 0 Å². The number of carbonyl (C=O) groups is 1. The van der Waals surface area contributed by atoms with Gasteiger partial charge in [0.15, 0.2) is 5.75 Å². The first-order chi connectivity index (χ1) is 15.7. The summed E-state index contributed by atoms with van der Waals surface area (Å²) in [4.78, 5) is 17.0. The fourth-order valence-electron chi connectivity index (χ4n) is 4.80. The SMILES string of the molecule is C=C(C)c1ccc(C(=O)NC2C(C)(C)C(Oc3ccc(C#N)c(OC(F)(F)F)c3)C2(C)C)nc1. The molecule has 1 aromatic heterocycles. The van der Waals surface area contributed by atoms with Gasteiger partial charge in [-0.3, -0.25) is 9.78 Å². The highest BCUT2D eigenvalue weighted by Gasteiger charge is 2.64. The van der Waals surface area contributed by atoms with E-state index in [1.807, 2.05) is 34.6 Å². The van der Waals surface area contributed by atoms with Crippen LogP contribution in [0, 0.1) is 22.2 Å². The second-order valence-electron chi connectivity index (χ2n) is 9.58. The topological polar surface area (TPSA) is 84.2 Å². The van der Waals surface area contributed by atoms with E-state index in [-0.39, 0.29) is 29.0 Å². The zero-order chi connectivity index (χ0) is 25.5. The molecule has 1 saturated carbocycles. The number of nitriles is 1. The van der Waals surface area contributed by atoms with Gasteiger partial charge in [-0.05, 0) is 36.3 Å². The molecule has 0 saturated heterocycles. The molecule has 0 unspecified atom stereocenters. The van der Waals surface area contributed by atoms with Gasteiger partial charge >= 0.3 is 6.36 Å². The summed E-state index contributed by atoms with van der Waals surface area (Å²) in [7, 11) is 0. The first-order valence-corrected chi connectivity index (χ1v) is 10.6. The van der Waals surface area contributed by atoms with Gasteiger partial charge in [0.05, 0.1) is 5.56 Å². The first-order valence-electron chi connectivity index (χ1n) is 10.6. The Kier molecular flexibility index (Phi) is 6.40. The first kappa shape index (κ1) is 25.1. The summed E-state index contributed by atoms with van der Waals surface area (Å²) >= 11 is 0. The Balaban J connectivity index is 1.77. The Morgan fingerprint density at radius 1 is 1.18 bits per heavy atom. The van der Waals surface area contributed by atoms with Crippen LogP contribution in [0.1, 0.15) is 56.2 Å². The third-order valence-corrected chi connectivity index (χ3v) is 6.16. The zero-order valence-corrected chi connectivity index (χ0v) is 19.6. The second-order valence-corrected chi connectivity index (χ2v) is 9.58. The third kappa shape index (κ3) is 4.86.